The number of H-pyrrole nitrogens is 1. The molecule has 1 aliphatic rings. The van der Waals surface area contributed by atoms with Crippen molar-refractivity contribution < 1.29 is 57.4 Å². The lowest BCUT2D eigenvalue weighted by atomic mass is 9.98. The number of aromatic nitrogens is 1. The number of carbonyl (C=O) groups excluding carboxylic acids is 4. The number of esters is 4. The van der Waals surface area contributed by atoms with Gasteiger partial charge in [-0.1, -0.05) is 30.3 Å². The summed E-state index contributed by atoms with van der Waals surface area (Å²) in [6.45, 7) is 4.26. The average molecular weight is 586 g/mol. The molecule has 1 saturated heterocycles. The minimum Gasteiger partial charge on any atom is -0.490 e. The number of nitrogens with one attached hydrogen (secondary N) is 1. The summed E-state index contributed by atoms with van der Waals surface area (Å²) >= 11 is 0. The van der Waals surface area contributed by atoms with Crippen molar-refractivity contribution in [3.8, 4) is 11.5 Å². The van der Waals surface area contributed by atoms with E-state index < -0.39 is 54.6 Å². The van der Waals surface area contributed by atoms with Crippen molar-refractivity contribution in [1.82, 2.24) is 4.98 Å². The Morgan fingerprint density at radius 2 is 1.64 bits per heavy atom. The number of aliphatic hydroxyl groups is 1. The molecule has 1 fully saturated rings. The molecule has 0 bridgehead atoms. The summed E-state index contributed by atoms with van der Waals surface area (Å²) in [5.41, 5.74) is 1.46. The molecule has 0 amide bonds. The Kier molecular flexibility index (Phi) is 9.65. The summed E-state index contributed by atoms with van der Waals surface area (Å²) in [5, 5.41) is 11.4. The molecule has 4 rings (SSSR count). The molecular formula is C29H31NO12. The van der Waals surface area contributed by atoms with Crippen LogP contribution in [0.2, 0.25) is 0 Å². The van der Waals surface area contributed by atoms with Crippen LogP contribution in [-0.2, 0) is 44.7 Å². The minimum atomic E-state index is -1.74. The molecule has 13 nitrogen and oxygen atoms in total. The number of hydrogen-bond acceptors (Lipinski definition) is 12. The van der Waals surface area contributed by atoms with Crippen molar-refractivity contribution in [1.29, 1.82) is 0 Å². The van der Waals surface area contributed by atoms with Gasteiger partial charge >= 0.3 is 23.9 Å². The highest BCUT2D eigenvalue weighted by molar-refractivity contribution is 5.95. The Balaban J connectivity index is 1.66. The molecular weight excluding hydrogens is 554 g/mol. The summed E-state index contributed by atoms with van der Waals surface area (Å²) in [6, 6.07) is 13.9. The van der Waals surface area contributed by atoms with Gasteiger partial charge in [-0.15, -0.1) is 0 Å². The molecule has 224 valence electrons. The maximum absolute atomic E-state index is 12.7. The van der Waals surface area contributed by atoms with Crippen LogP contribution in [0.4, 0.5) is 0 Å². The number of hydrogen-bond donors (Lipinski definition) is 2. The lowest BCUT2D eigenvalue weighted by molar-refractivity contribution is -0.279. The summed E-state index contributed by atoms with van der Waals surface area (Å²) in [4.78, 5) is 51.9. The smallest absolute Gasteiger partial charge is 0.355 e. The third kappa shape index (κ3) is 6.98. The van der Waals surface area contributed by atoms with Crippen molar-refractivity contribution in [3.63, 3.8) is 0 Å². The number of methoxy groups -OCH3 is 1. The zero-order valence-electron chi connectivity index (χ0n) is 23.4. The molecule has 0 spiro atoms. The van der Waals surface area contributed by atoms with E-state index in [-0.39, 0.29) is 30.4 Å². The maximum Gasteiger partial charge on any atom is 0.355 e. The van der Waals surface area contributed by atoms with Gasteiger partial charge in [0.05, 0.1) is 19.2 Å². The minimum absolute atomic E-state index is 0.0686. The van der Waals surface area contributed by atoms with Gasteiger partial charge in [-0.05, 0) is 24.6 Å². The van der Waals surface area contributed by atoms with Gasteiger partial charge in [0, 0.05) is 25.3 Å². The number of ether oxygens (including phenoxy) is 7. The summed E-state index contributed by atoms with van der Waals surface area (Å²) in [6.07, 6.45) is -7.98. The van der Waals surface area contributed by atoms with E-state index >= 15 is 0 Å². The Morgan fingerprint density at radius 1 is 0.952 bits per heavy atom. The maximum atomic E-state index is 12.7. The lowest BCUT2D eigenvalue weighted by Crippen LogP contribution is -2.63. The highest BCUT2D eigenvalue weighted by Crippen LogP contribution is 2.37. The highest BCUT2D eigenvalue weighted by Gasteiger charge is 2.53. The molecule has 0 radical (unpaired) electrons. The normalized spacial score (nSPS) is 21.7. The average Bonchev–Trinajstić information content (AvgIpc) is 3.38. The van der Waals surface area contributed by atoms with Gasteiger partial charge < -0.3 is 43.2 Å². The van der Waals surface area contributed by atoms with E-state index in [9.17, 15) is 24.3 Å². The fourth-order valence-corrected chi connectivity index (χ4v) is 4.41. The molecule has 5 atom stereocenters. The van der Waals surface area contributed by atoms with Crippen molar-refractivity contribution in [3.05, 3.63) is 59.8 Å². The van der Waals surface area contributed by atoms with Gasteiger partial charge in [-0.3, -0.25) is 9.59 Å². The molecule has 42 heavy (non-hydrogen) atoms. The third-order valence-electron chi connectivity index (χ3n) is 6.22. The standard InChI is InChI=1S/C29H31NO12/c1-5-37-21-12-18-11-20(27(34)38-14-17-9-7-6-8-10-17)30-19(18)13-22(21)41-29-26(40-16(3)32)24(39-15(2)31)23(33)25(42-29)28(35)36-4/h6-13,23-26,29-30,33H,5,14H2,1-4H3/t23-,24-,25-,26+,29?/m0/s1. The van der Waals surface area contributed by atoms with Crippen LogP contribution >= 0.6 is 0 Å². The first-order valence-electron chi connectivity index (χ1n) is 13.0. The summed E-state index contributed by atoms with van der Waals surface area (Å²) in [7, 11) is 1.09. The molecule has 2 heterocycles. The van der Waals surface area contributed by atoms with Gasteiger partial charge in [0.2, 0.25) is 12.4 Å². The van der Waals surface area contributed by atoms with E-state index in [4.69, 9.17) is 33.2 Å². The molecule has 1 unspecified atom stereocenters. The molecule has 0 aliphatic carbocycles. The number of benzene rings is 2. The van der Waals surface area contributed by atoms with Crippen LogP contribution in [0.25, 0.3) is 10.9 Å². The first-order chi connectivity index (χ1) is 20.1. The Morgan fingerprint density at radius 3 is 2.29 bits per heavy atom. The topological polar surface area (TPSA) is 169 Å². The predicted octanol–water partition coefficient (Wildman–Crippen LogP) is 2.42. The fraction of sp³-hybridized carbons (Fsp3) is 0.379. The van der Waals surface area contributed by atoms with Gasteiger partial charge in [0.25, 0.3) is 0 Å². The van der Waals surface area contributed by atoms with Crippen LogP contribution in [0.3, 0.4) is 0 Å². The molecule has 2 aromatic carbocycles. The summed E-state index contributed by atoms with van der Waals surface area (Å²) in [5.74, 6) is -2.86. The van der Waals surface area contributed by atoms with E-state index in [1.165, 1.54) is 6.07 Å². The van der Waals surface area contributed by atoms with Crippen LogP contribution in [0, 0.1) is 0 Å². The Labute approximate surface area is 240 Å². The number of aromatic amines is 1. The molecule has 1 aromatic heterocycles. The van der Waals surface area contributed by atoms with Gasteiger partial charge in [0.1, 0.15) is 18.4 Å². The van der Waals surface area contributed by atoms with E-state index in [0.717, 1.165) is 26.5 Å². The van der Waals surface area contributed by atoms with Crippen LogP contribution in [0.15, 0.2) is 48.5 Å². The van der Waals surface area contributed by atoms with Crippen LogP contribution in [0.5, 0.6) is 11.5 Å². The van der Waals surface area contributed by atoms with Gasteiger partial charge in [-0.25, -0.2) is 9.59 Å². The number of aliphatic hydroxyl groups excluding tert-OH is 1. The quantitative estimate of drug-likeness (QED) is 0.264. The Hall–Kier alpha value is -4.62. The second kappa shape index (κ2) is 13.4. The van der Waals surface area contributed by atoms with E-state index in [0.29, 0.717) is 10.9 Å². The number of carbonyl (C=O) groups is 4. The zero-order chi connectivity index (χ0) is 30.4. The fourth-order valence-electron chi connectivity index (χ4n) is 4.41. The monoisotopic (exact) mass is 585 g/mol. The molecule has 0 saturated carbocycles. The van der Waals surface area contributed by atoms with Crippen molar-refractivity contribution >= 4 is 34.8 Å². The molecule has 1 aliphatic heterocycles. The van der Waals surface area contributed by atoms with Crippen LogP contribution in [0.1, 0.15) is 36.8 Å². The highest BCUT2D eigenvalue weighted by atomic mass is 16.7. The number of rotatable bonds is 10. The zero-order valence-corrected chi connectivity index (χ0v) is 23.4. The Bertz CT molecular complexity index is 1440. The SMILES string of the molecule is CCOc1cc2cc(C(=O)OCc3ccccc3)[nH]c2cc1OC1O[C@H](C(=O)OC)[C@@H](O)[C@H](OC(C)=O)[C@H]1OC(C)=O. The molecule has 2 N–H and O–H groups in total. The summed E-state index contributed by atoms with van der Waals surface area (Å²) < 4.78 is 38.2. The van der Waals surface area contributed by atoms with Gasteiger partial charge in [-0.2, -0.15) is 0 Å². The number of fused-ring (bicyclic) bond motifs is 1. The van der Waals surface area contributed by atoms with Gasteiger partial charge in [0.15, 0.2) is 23.7 Å². The predicted molar refractivity (Wildman–Crippen MR) is 143 cm³/mol. The largest absolute Gasteiger partial charge is 0.490 e. The van der Waals surface area contributed by atoms with Crippen LogP contribution < -0.4 is 9.47 Å². The molecule has 3 aromatic rings. The third-order valence-corrected chi connectivity index (χ3v) is 6.22. The van der Waals surface area contributed by atoms with Crippen molar-refractivity contribution in [2.45, 2.75) is 58.1 Å². The van der Waals surface area contributed by atoms with E-state index in [1.54, 1.807) is 19.1 Å². The molecule has 13 heteroatoms. The van der Waals surface area contributed by atoms with Crippen molar-refractivity contribution in [2.24, 2.45) is 0 Å². The van der Waals surface area contributed by atoms with E-state index in [2.05, 4.69) is 4.98 Å². The first-order valence-corrected chi connectivity index (χ1v) is 13.0. The lowest BCUT2D eigenvalue weighted by Gasteiger charge is -2.41. The van der Waals surface area contributed by atoms with E-state index in [1.807, 2.05) is 30.3 Å². The first kappa shape index (κ1) is 30.3. The second-order valence-corrected chi connectivity index (χ2v) is 9.27. The van der Waals surface area contributed by atoms with Crippen LogP contribution in [-0.4, -0.2) is 78.4 Å². The van der Waals surface area contributed by atoms with Crippen molar-refractivity contribution in [2.75, 3.05) is 13.7 Å². The second-order valence-electron chi connectivity index (χ2n) is 9.27.